The first-order chi connectivity index (χ1) is 10.2. The molecule has 0 saturated carbocycles. The summed E-state index contributed by atoms with van der Waals surface area (Å²) in [6.45, 7) is 0. The molecule has 104 valence electrons. The highest BCUT2D eigenvalue weighted by atomic mass is 79.9. The quantitative estimate of drug-likeness (QED) is 0.663. The van der Waals surface area contributed by atoms with Gasteiger partial charge in [-0.1, -0.05) is 31.9 Å². The van der Waals surface area contributed by atoms with Crippen LogP contribution in [-0.2, 0) is 0 Å². The van der Waals surface area contributed by atoms with E-state index in [2.05, 4.69) is 52.5 Å². The Hall–Kier alpha value is -2.04. The molecule has 5 nitrogen and oxygen atoms in total. The van der Waals surface area contributed by atoms with E-state index in [9.17, 15) is 0 Å². The van der Waals surface area contributed by atoms with Crippen LogP contribution in [0.3, 0.4) is 0 Å². The van der Waals surface area contributed by atoms with Gasteiger partial charge in [-0.25, -0.2) is 0 Å². The molecule has 3 aromatic rings. The number of tetrazole rings is 1. The Labute approximate surface area is 138 Å². The van der Waals surface area contributed by atoms with Crippen LogP contribution in [0.1, 0.15) is 5.56 Å². The van der Waals surface area contributed by atoms with E-state index in [1.807, 2.05) is 42.5 Å². The van der Waals surface area contributed by atoms with Crippen molar-refractivity contribution in [2.75, 3.05) is 0 Å². The van der Waals surface area contributed by atoms with E-state index >= 15 is 0 Å². The zero-order valence-electron chi connectivity index (χ0n) is 10.7. The van der Waals surface area contributed by atoms with Crippen molar-refractivity contribution in [2.45, 2.75) is 0 Å². The standard InChI is InChI=1S/C7H5BrN4.C7H4BrN/c8-6-3-1-5(2-4-6)7-9-11-12-10-7;8-7-3-1-6(5-9)2-4-7/h1-4H,(H,9,10,11,12);1-4H. The molecule has 1 heterocycles. The van der Waals surface area contributed by atoms with Gasteiger partial charge < -0.3 is 0 Å². The molecule has 0 radical (unpaired) electrons. The van der Waals surface area contributed by atoms with Crippen LogP contribution in [0.4, 0.5) is 0 Å². The Kier molecular flexibility index (Phi) is 5.60. The normalized spacial score (nSPS) is 9.38. The maximum absolute atomic E-state index is 8.36. The number of nitrogens with one attached hydrogen (secondary N) is 1. The SMILES string of the molecule is Brc1ccc(-c2nn[nH]n2)cc1.N#Cc1ccc(Br)cc1. The summed E-state index contributed by atoms with van der Waals surface area (Å²) in [4.78, 5) is 0. The first kappa shape index (κ1) is 15.4. The monoisotopic (exact) mass is 405 g/mol. The molecule has 0 aliphatic carbocycles. The summed E-state index contributed by atoms with van der Waals surface area (Å²) in [6, 6.07) is 17.0. The minimum absolute atomic E-state index is 0.613. The van der Waals surface area contributed by atoms with Crippen LogP contribution in [0, 0.1) is 11.3 Å². The van der Waals surface area contributed by atoms with Gasteiger partial charge in [-0.05, 0) is 53.7 Å². The average molecular weight is 407 g/mol. The highest BCUT2D eigenvalue weighted by Gasteiger charge is 2.00. The number of halogens is 2. The van der Waals surface area contributed by atoms with Crippen LogP contribution < -0.4 is 0 Å². The van der Waals surface area contributed by atoms with E-state index in [4.69, 9.17) is 5.26 Å². The summed E-state index contributed by atoms with van der Waals surface area (Å²) in [6.07, 6.45) is 0. The van der Waals surface area contributed by atoms with Gasteiger partial charge in [0.25, 0.3) is 0 Å². The molecular weight excluding hydrogens is 398 g/mol. The van der Waals surface area contributed by atoms with Crippen LogP contribution in [-0.4, -0.2) is 20.6 Å². The van der Waals surface area contributed by atoms with E-state index in [1.54, 1.807) is 12.1 Å². The summed E-state index contributed by atoms with van der Waals surface area (Å²) in [7, 11) is 0. The molecule has 0 atom stereocenters. The largest absolute Gasteiger partial charge is 0.204 e. The van der Waals surface area contributed by atoms with Gasteiger partial charge in [0.05, 0.1) is 11.6 Å². The molecule has 1 N–H and O–H groups in total. The lowest BCUT2D eigenvalue weighted by molar-refractivity contribution is 0.881. The van der Waals surface area contributed by atoms with Crippen LogP contribution in [0.2, 0.25) is 0 Å². The van der Waals surface area contributed by atoms with Gasteiger partial charge in [-0.15, -0.1) is 10.2 Å². The van der Waals surface area contributed by atoms with Gasteiger partial charge in [-0.2, -0.15) is 10.5 Å². The van der Waals surface area contributed by atoms with Crippen molar-refractivity contribution in [3.05, 3.63) is 63.0 Å². The fraction of sp³-hybridized carbons (Fsp3) is 0. The summed E-state index contributed by atoms with van der Waals surface area (Å²) in [5.74, 6) is 0.613. The number of benzene rings is 2. The lowest BCUT2D eigenvalue weighted by Gasteiger charge is -1.92. The zero-order valence-corrected chi connectivity index (χ0v) is 13.8. The molecule has 0 fully saturated rings. The number of nitriles is 1. The Morgan fingerprint density at radius 3 is 1.95 bits per heavy atom. The average Bonchev–Trinajstić information content (AvgIpc) is 3.04. The Morgan fingerprint density at radius 1 is 0.905 bits per heavy atom. The molecule has 21 heavy (non-hydrogen) atoms. The number of nitrogens with zero attached hydrogens (tertiary/aromatic N) is 4. The number of H-pyrrole nitrogens is 1. The summed E-state index contributed by atoms with van der Waals surface area (Å²) in [5.41, 5.74) is 1.64. The lowest BCUT2D eigenvalue weighted by atomic mass is 10.2. The van der Waals surface area contributed by atoms with Crippen molar-refractivity contribution in [3.63, 3.8) is 0 Å². The predicted octanol–water partition coefficient (Wildman–Crippen LogP) is 3.95. The molecule has 0 bridgehead atoms. The molecular formula is C14H9Br2N5. The second-order valence-corrected chi connectivity index (χ2v) is 5.69. The summed E-state index contributed by atoms with van der Waals surface area (Å²) in [5, 5.41) is 21.9. The number of aromatic nitrogens is 4. The smallest absolute Gasteiger partial charge is 0.192 e. The minimum atomic E-state index is 0.613. The number of aromatic amines is 1. The second kappa shape index (κ2) is 7.67. The van der Waals surface area contributed by atoms with Crippen LogP contribution in [0.15, 0.2) is 57.5 Å². The molecule has 0 aliphatic heterocycles. The molecule has 1 aromatic heterocycles. The molecule has 0 saturated heterocycles. The molecule has 2 aromatic carbocycles. The van der Waals surface area contributed by atoms with Gasteiger partial charge >= 0.3 is 0 Å². The number of rotatable bonds is 1. The number of hydrogen-bond acceptors (Lipinski definition) is 4. The van der Waals surface area contributed by atoms with Gasteiger partial charge in [0.1, 0.15) is 0 Å². The zero-order chi connectivity index (χ0) is 15.1. The van der Waals surface area contributed by atoms with Gasteiger partial charge in [0.2, 0.25) is 5.82 Å². The second-order valence-electron chi connectivity index (χ2n) is 3.86. The van der Waals surface area contributed by atoms with Crippen molar-refractivity contribution in [2.24, 2.45) is 0 Å². The van der Waals surface area contributed by atoms with Crippen LogP contribution in [0.5, 0.6) is 0 Å². The third-order valence-electron chi connectivity index (χ3n) is 2.42. The third-order valence-corrected chi connectivity index (χ3v) is 3.48. The maximum Gasteiger partial charge on any atom is 0.204 e. The Bertz CT molecular complexity index is 716. The van der Waals surface area contributed by atoms with Crippen molar-refractivity contribution in [1.29, 1.82) is 5.26 Å². The summed E-state index contributed by atoms with van der Waals surface area (Å²) >= 11 is 6.61. The van der Waals surface area contributed by atoms with Crippen molar-refractivity contribution >= 4 is 31.9 Å². The summed E-state index contributed by atoms with van der Waals surface area (Å²) < 4.78 is 2.04. The molecule has 0 spiro atoms. The van der Waals surface area contributed by atoms with Crippen molar-refractivity contribution in [3.8, 4) is 17.5 Å². The molecule has 3 rings (SSSR count). The van der Waals surface area contributed by atoms with Crippen molar-refractivity contribution in [1.82, 2.24) is 20.6 Å². The molecule has 0 amide bonds. The van der Waals surface area contributed by atoms with E-state index in [0.29, 0.717) is 11.4 Å². The van der Waals surface area contributed by atoms with Crippen LogP contribution in [0.25, 0.3) is 11.4 Å². The van der Waals surface area contributed by atoms with E-state index < -0.39 is 0 Å². The Balaban J connectivity index is 0.000000161. The maximum atomic E-state index is 8.36. The first-order valence-corrected chi connectivity index (χ1v) is 7.42. The fourth-order valence-electron chi connectivity index (χ4n) is 1.41. The highest BCUT2D eigenvalue weighted by molar-refractivity contribution is 9.10. The van der Waals surface area contributed by atoms with E-state index in [-0.39, 0.29) is 0 Å². The molecule has 0 aliphatic rings. The van der Waals surface area contributed by atoms with Gasteiger partial charge in [-0.3, -0.25) is 0 Å². The molecule has 0 unspecified atom stereocenters. The lowest BCUT2D eigenvalue weighted by Crippen LogP contribution is -1.79. The van der Waals surface area contributed by atoms with Gasteiger partial charge in [0.15, 0.2) is 0 Å². The number of hydrogen-bond donors (Lipinski definition) is 1. The topological polar surface area (TPSA) is 78.2 Å². The Morgan fingerprint density at radius 2 is 1.48 bits per heavy atom. The highest BCUT2D eigenvalue weighted by Crippen LogP contribution is 2.16. The first-order valence-electron chi connectivity index (χ1n) is 5.84. The van der Waals surface area contributed by atoms with Gasteiger partial charge in [0, 0.05) is 14.5 Å². The van der Waals surface area contributed by atoms with E-state index in [1.165, 1.54) is 0 Å². The van der Waals surface area contributed by atoms with E-state index in [0.717, 1.165) is 14.5 Å². The van der Waals surface area contributed by atoms with Crippen LogP contribution >= 0.6 is 31.9 Å². The molecule has 7 heteroatoms. The van der Waals surface area contributed by atoms with Crippen molar-refractivity contribution < 1.29 is 0 Å². The fourth-order valence-corrected chi connectivity index (χ4v) is 1.94. The third kappa shape index (κ3) is 4.77. The minimum Gasteiger partial charge on any atom is -0.192 e. The predicted molar refractivity (Wildman–Crippen MR) is 86.2 cm³/mol.